The summed E-state index contributed by atoms with van der Waals surface area (Å²) in [4.78, 5) is 12.6. The van der Waals surface area contributed by atoms with Crippen molar-refractivity contribution in [2.45, 2.75) is 31.6 Å². The van der Waals surface area contributed by atoms with Crippen molar-refractivity contribution >= 4 is 23.2 Å². The first-order valence-corrected chi connectivity index (χ1v) is 7.66. The SMILES string of the molecule is CCC(C(=O)Nc1ccccc1C(C)Cl)c1ccccc1. The van der Waals surface area contributed by atoms with Crippen LogP contribution in [-0.2, 0) is 4.79 Å². The summed E-state index contributed by atoms with van der Waals surface area (Å²) in [5.41, 5.74) is 2.77. The molecule has 0 aromatic heterocycles. The van der Waals surface area contributed by atoms with Gasteiger partial charge in [0.1, 0.15) is 0 Å². The Labute approximate surface area is 131 Å². The highest BCUT2D eigenvalue weighted by Gasteiger charge is 2.19. The number of nitrogens with one attached hydrogen (secondary N) is 1. The van der Waals surface area contributed by atoms with Gasteiger partial charge in [0, 0.05) is 5.69 Å². The molecule has 110 valence electrons. The van der Waals surface area contributed by atoms with Crippen molar-refractivity contribution in [1.82, 2.24) is 0 Å². The van der Waals surface area contributed by atoms with Gasteiger partial charge in [-0.2, -0.15) is 0 Å². The van der Waals surface area contributed by atoms with Crippen molar-refractivity contribution in [2.75, 3.05) is 5.32 Å². The van der Waals surface area contributed by atoms with E-state index >= 15 is 0 Å². The van der Waals surface area contributed by atoms with Gasteiger partial charge >= 0.3 is 0 Å². The summed E-state index contributed by atoms with van der Waals surface area (Å²) in [6.07, 6.45) is 0.758. The van der Waals surface area contributed by atoms with Crippen molar-refractivity contribution in [3.8, 4) is 0 Å². The zero-order valence-electron chi connectivity index (χ0n) is 12.3. The van der Waals surface area contributed by atoms with E-state index in [0.29, 0.717) is 0 Å². The number of amides is 1. The summed E-state index contributed by atoms with van der Waals surface area (Å²) in [6, 6.07) is 17.5. The fourth-order valence-corrected chi connectivity index (χ4v) is 2.63. The number of para-hydroxylation sites is 1. The van der Waals surface area contributed by atoms with E-state index in [0.717, 1.165) is 23.2 Å². The molecule has 0 aliphatic heterocycles. The monoisotopic (exact) mass is 301 g/mol. The molecule has 1 amide bonds. The summed E-state index contributed by atoms with van der Waals surface area (Å²) < 4.78 is 0. The average Bonchev–Trinajstić information content (AvgIpc) is 2.49. The predicted octanol–water partition coefficient (Wildman–Crippen LogP) is 5.12. The molecule has 2 aromatic rings. The third-order valence-corrected chi connectivity index (χ3v) is 3.81. The molecular formula is C18H20ClNO. The van der Waals surface area contributed by atoms with E-state index in [9.17, 15) is 4.79 Å². The van der Waals surface area contributed by atoms with Crippen LogP contribution in [0.15, 0.2) is 54.6 Å². The summed E-state index contributed by atoms with van der Waals surface area (Å²) in [5, 5.41) is 2.88. The smallest absolute Gasteiger partial charge is 0.231 e. The van der Waals surface area contributed by atoms with Crippen LogP contribution in [0.3, 0.4) is 0 Å². The Kier molecular flexibility index (Phi) is 5.40. The molecule has 0 saturated carbocycles. The minimum atomic E-state index is -0.148. The molecule has 0 aliphatic rings. The van der Waals surface area contributed by atoms with Crippen molar-refractivity contribution in [2.24, 2.45) is 0 Å². The molecule has 2 rings (SSSR count). The minimum absolute atomic E-state index is 0.00784. The molecule has 21 heavy (non-hydrogen) atoms. The van der Waals surface area contributed by atoms with Gasteiger partial charge in [0.2, 0.25) is 5.91 Å². The van der Waals surface area contributed by atoms with Crippen molar-refractivity contribution in [3.63, 3.8) is 0 Å². The average molecular weight is 302 g/mol. The third-order valence-electron chi connectivity index (χ3n) is 3.57. The fraction of sp³-hybridized carbons (Fsp3) is 0.278. The van der Waals surface area contributed by atoms with Crippen LogP contribution in [0.25, 0.3) is 0 Å². The Morgan fingerprint density at radius 3 is 2.33 bits per heavy atom. The van der Waals surface area contributed by atoms with E-state index in [2.05, 4.69) is 5.32 Å². The Bertz CT molecular complexity index is 595. The highest BCUT2D eigenvalue weighted by atomic mass is 35.5. The molecule has 2 atom stereocenters. The molecule has 0 fully saturated rings. The lowest BCUT2D eigenvalue weighted by Gasteiger charge is -2.18. The summed E-state index contributed by atoms with van der Waals surface area (Å²) in [5.74, 6) is -0.140. The van der Waals surface area contributed by atoms with Gasteiger partial charge < -0.3 is 5.32 Å². The standard InChI is InChI=1S/C18H20ClNO/c1-3-15(14-9-5-4-6-10-14)18(21)20-17-12-8-7-11-16(17)13(2)19/h4-13,15H,3H2,1-2H3,(H,20,21). The highest BCUT2D eigenvalue weighted by molar-refractivity contribution is 6.21. The lowest BCUT2D eigenvalue weighted by Crippen LogP contribution is -2.21. The van der Waals surface area contributed by atoms with Crippen LogP contribution in [0.1, 0.15) is 42.7 Å². The van der Waals surface area contributed by atoms with Crippen LogP contribution in [0.5, 0.6) is 0 Å². The van der Waals surface area contributed by atoms with Crippen LogP contribution in [-0.4, -0.2) is 5.91 Å². The number of rotatable bonds is 5. The Morgan fingerprint density at radius 2 is 1.71 bits per heavy atom. The van der Waals surface area contributed by atoms with E-state index in [1.807, 2.05) is 68.4 Å². The van der Waals surface area contributed by atoms with Crippen molar-refractivity contribution < 1.29 is 4.79 Å². The van der Waals surface area contributed by atoms with Gasteiger partial charge in [-0.25, -0.2) is 0 Å². The van der Waals surface area contributed by atoms with E-state index < -0.39 is 0 Å². The second-order valence-electron chi connectivity index (χ2n) is 5.06. The Morgan fingerprint density at radius 1 is 1.10 bits per heavy atom. The molecule has 0 bridgehead atoms. The summed E-state index contributed by atoms with van der Waals surface area (Å²) in [6.45, 7) is 3.92. The van der Waals surface area contributed by atoms with Gasteiger partial charge in [0.05, 0.1) is 11.3 Å². The number of carbonyl (C=O) groups is 1. The van der Waals surface area contributed by atoms with E-state index in [1.54, 1.807) is 0 Å². The molecule has 2 unspecified atom stereocenters. The van der Waals surface area contributed by atoms with Crippen LogP contribution < -0.4 is 5.32 Å². The first kappa shape index (κ1) is 15.6. The van der Waals surface area contributed by atoms with Gasteiger partial charge in [-0.15, -0.1) is 11.6 Å². The van der Waals surface area contributed by atoms with E-state index in [4.69, 9.17) is 11.6 Å². The number of carbonyl (C=O) groups excluding carboxylic acids is 1. The maximum absolute atomic E-state index is 12.6. The summed E-state index contributed by atoms with van der Waals surface area (Å²) >= 11 is 6.17. The van der Waals surface area contributed by atoms with Crippen molar-refractivity contribution in [1.29, 1.82) is 0 Å². The number of alkyl halides is 1. The fourth-order valence-electron chi connectivity index (χ4n) is 2.44. The molecule has 0 saturated heterocycles. The lowest BCUT2D eigenvalue weighted by atomic mass is 9.95. The van der Waals surface area contributed by atoms with Gasteiger partial charge in [0.15, 0.2) is 0 Å². The molecular weight excluding hydrogens is 282 g/mol. The van der Waals surface area contributed by atoms with Crippen LogP contribution in [0, 0.1) is 0 Å². The quantitative estimate of drug-likeness (QED) is 0.763. The zero-order chi connectivity index (χ0) is 15.2. The minimum Gasteiger partial charge on any atom is -0.325 e. The number of anilines is 1. The molecule has 0 radical (unpaired) electrons. The molecule has 0 heterocycles. The first-order chi connectivity index (χ1) is 10.1. The Hall–Kier alpha value is -1.80. The molecule has 2 nitrogen and oxygen atoms in total. The maximum Gasteiger partial charge on any atom is 0.231 e. The summed E-state index contributed by atoms with van der Waals surface area (Å²) in [7, 11) is 0. The second kappa shape index (κ2) is 7.28. The zero-order valence-corrected chi connectivity index (χ0v) is 13.1. The number of halogens is 1. The van der Waals surface area contributed by atoms with Gasteiger partial charge in [-0.05, 0) is 30.5 Å². The van der Waals surface area contributed by atoms with Crippen LogP contribution in [0.4, 0.5) is 5.69 Å². The second-order valence-corrected chi connectivity index (χ2v) is 5.72. The number of benzene rings is 2. The van der Waals surface area contributed by atoms with Crippen LogP contribution >= 0.6 is 11.6 Å². The maximum atomic E-state index is 12.6. The third kappa shape index (κ3) is 3.85. The largest absolute Gasteiger partial charge is 0.325 e. The van der Waals surface area contributed by atoms with Gasteiger partial charge in [-0.3, -0.25) is 4.79 Å². The molecule has 0 spiro atoms. The highest BCUT2D eigenvalue weighted by Crippen LogP contribution is 2.29. The predicted molar refractivity (Wildman–Crippen MR) is 88.8 cm³/mol. The van der Waals surface area contributed by atoms with E-state index in [1.165, 1.54) is 0 Å². The molecule has 0 aliphatic carbocycles. The first-order valence-electron chi connectivity index (χ1n) is 7.22. The number of hydrogen-bond acceptors (Lipinski definition) is 1. The normalized spacial score (nSPS) is 13.5. The molecule has 2 aromatic carbocycles. The van der Waals surface area contributed by atoms with Crippen molar-refractivity contribution in [3.05, 3.63) is 65.7 Å². The topological polar surface area (TPSA) is 29.1 Å². The van der Waals surface area contributed by atoms with E-state index in [-0.39, 0.29) is 17.2 Å². The molecule has 1 N–H and O–H groups in total. The number of hydrogen-bond donors (Lipinski definition) is 1. The Balaban J connectivity index is 2.21. The van der Waals surface area contributed by atoms with Gasteiger partial charge in [0.25, 0.3) is 0 Å². The van der Waals surface area contributed by atoms with Gasteiger partial charge in [-0.1, -0.05) is 55.5 Å². The van der Waals surface area contributed by atoms with Crippen LogP contribution in [0.2, 0.25) is 0 Å². The lowest BCUT2D eigenvalue weighted by molar-refractivity contribution is -0.117. The molecule has 3 heteroatoms.